The lowest BCUT2D eigenvalue weighted by molar-refractivity contribution is -0.132. The Balaban J connectivity index is 1.46. The zero-order valence-electron chi connectivity index (χ0n) is 16.4. The zero-order valence-corrected chi connectivity index (χ0v) is 16.4. The molecule has 2 atom stereocenters. The van der Waals surface area contributed by atoms with Crippen molar-refractivity contribution in [3.63, 3.8) is 0 Å². The molecule has 0 radical (unpaired) electrons. The fraction of sp³-hybridized carbons (Fsp3) is 0.435. The molecule has 0 saturated heterocycles. The van der Waals surface area contributed by atoms with Gasteiger partial charge in [-0.05, 0) is 36.5 Å². The van der Waals surface area contributed by atoms with E-state index in [1.54, 1.807) is 0 Å². The van der Waals surface area contributed by atoms with E-state index in [9.17, 15) is 4.79 Å². The number of carbonyl (C=O) groups excluding carboxylic acids is 1. The van der Waals surface area contributed by atoms with Gasteiger partial charge in [-0.25, -0.2) is 0 Å². The third-order valence-electron chi connectivity index (χ3n) is 5.37. The van der Waals surface area contributed by atoms with Crippen LogP contribution in [0.4, 0.5) is 0 Å². The fourth-order valence-electron chi connectivity index (χ4n) is 3.59. The third kappa shape index (κ3) is 5.41. The number of hydrogen-bond donors (Lipinski definition) is 1. The second-order valence-corrected chi connectivity index (χ2v) is 7.24. The molecule has 2 aromatic carbocycles. The largest absolute Gasteiger partial charge is 0.364 e. The molecule has 0 bridgehead atoms. The van der Waals surface area contributed by atoms with Crippen molar-refractivity contribution in [2.75, 3.05) is 13.1 Å². The Labute approximate surface area is 162 Å². The molecule has 3 rings (SSSR count). The number of benzene rings is 2. The van der Waals surface area contributed by atoms with Crippen LogP contribution >= 0.6 is 0 Å². The van der Waals surface area contributed by atoms with Crippen LogP contribution in [0.3, 0.4) is 0 Å². The lowest BCUT2D eigenvalue weighted by Gasteiger charge is -2.35. The van der Waals surface area contributed by atoms with Gasteiger partial charge in [0.15, 0.2) is 0 Å². The van der Waals surface area contributed by atoms with Gasteiger partial charge < -0.3 is 10.1 Å². The summed E-state index contributed by atoms with van der Waals surface area (Å²) in [6.07, 6.45) is 1.64. The maximum Gasteiger partial charge on any atom is 0.248 e. The number of rotatable bonds is 8. The summed E-state index contributed by atoms with van der Waals surface area (Å²) in [5, 5.41) is 3.09. The van der Waals surface area contributed by atoms with Crippen LogP contribution < -0.4 is 5.32 Å². The quantitative estimate of drug-likeness (QED) is 0.777. The number of hydrogen-bond acceptors (Lipinski definition) is 3. The highest BCUT2D eigenvalue weighted by atomic mass is 16.5. The normalized spacial score (nSPS) is 16.4. The van der Waals surface area contributed by atoms with Gasteiger partial charge in [0.25, 0.3) is 0 Å². The number of fused-ring (bicyclic) bond motifs is 1. The molecule has 1 aliphatic rings. The lowest BCUT2D eigenvalue weighted by atomic mass is 9.98. The van der Waals surface area contributed by atoms with Crippen LogP contribution in [-0.4, -0.2) is 36.0 Å². The predicted molar refractivity (Wildman–Crippen MR) is 108 cm³/mol. The van der Waals surface area contributed by atoms with Gasteiger partial charge in [0.2, 0.25) is 5.91 Å². The number of amides is 1. The highest BCUT2D eigenvalue weighted by Crippen LogP contribution is 2.21. The van der Waals surface area contributed by atoms with E-state index in [0.29, 0.717) is 19.2 Å². The maximum atomic E-state index is 12.4. The van der Waals surface area contributed by atoms with Gasteiger partial charge in [0, 0.05) is 25.7 Å². The minimum Gasteiger partial charge on any atom is -0.364 e. The molecule has 0 aromatic heterocycles. The van der Waals surface area contributed by atoms with E-state index in [0.717, 1.165) is 31.5 Å². The van der Waals surface area contributed by atoms with Gasteiger partial charge in [-0.3, -0.25) is 9.69 Å². The second kappa shape index (κ2) is 9.67. The van der Waals surface area contributed by atoms with E-state index in [1.807, 2.05) is 37.3 Å². The Hall–Kier alpha value is -2.17. The predicted octanol–water partition coefficient (Wildman–Crippen LogP) is 3.54. The van der Waals surface area contributed by atoms with E-state index in [-0.39, 0.29) is 5.91 Å². The number of nitrogens with zero attached hydrogens (tertiary/aromatic N) is 1. The summed E-state index contributed by atoms with van der Waals surface area (Å²) in [7, 11) is 0. The van der Waals surface area contributed by atoms with Crippen LogP contribution in [0.2, 0.25) is 0 Å². The van der Waals surface area contributed by atoms with Crippen LogP contribution in [0.5, 0.6) is 0 Å². The van der Waals surface area contributed by atoms with E-state index in [1.165, 1.54) is 11.1 Å². The molecule has 0 fully saturated rings. The Morgan fingerprint density at radius 3 is 2.56 bits per heavy atom. The highest BCUT2D eigenvalue weighted by Gasteiger charge is 2.23. The molecule has 2 aromatic rings. The van der Waals surface area contributed by atoms with Gasteiger partial charge in [0.1, 0.15) is 6.10 Å². The summed E-state index contributed by atoms with van der Waals surface area (Å²) in [6.45, 7) is 7.13. The third-order valence-corrected chi connectivity index (χ3v) is 5.37. The highest BCUT2D eigenvalue weighted by molar-refractivity contribution is 5.80. The average Bonchev–Trinajstić information content (AvgIpc) is 2.73. The Morgan fingerprint density at radius 1 is 1.11 bits per heavy atom. The van der Waals surface area contributed by atoms with Crippen molar-refractivity contribution in [2.45, 2.75) is 52.0 Å². The number of nitrogens with one attached hydrogen (secondary N) is 1. The molecule has 144 valence electrons. The van der Waals surface area contributed by atoms with Crippen LogP contribution in [0, 0.1) is 0 Å². The second-order valence-electron chi connectivity index (χ2n) is 7.24. The average molecular weight is 367 g/mol. The summed E-state index contributed by atoms with van der Waals surface area (Å²) in [5.41, 5.74) is 3.94. The first-order valence-electron chi connectivity index (χ1n) is 9.91. The van der Waals surface area contributed by atoms with Crippen molar-refractivity contribution in [1.29, 1.82) is 0 Å². The topological polar surface area (TPSA) is 41.6 Å². The fourth-order valence-corrected chi connectivity index (χ4v) is 3.59. The zero-order chi connectivity index (χ0) is 19.1. The smallest absolute Gasteiger partial charge is 0.248 e. The van der Waals surface area contributed by atoms with E-state index in [4.69, 9.17) is 4.74 Å². The van der Waals surface area contributed by atoms with Gasteiger partial charge in [-0.1, -0.05) is 61.5 Å². The van der Waals surface area contributed by atoms with E-state index < -0.39 is 6.10 Å². The number of ether oxygens (including phenoxy) is 1. The van der Waals surface area contributed by atoms with Gasteiger partial charge in [-0.15, -0.1) is 0 Å². The molecule has 4 nitrogen and oxygen atoms in total. The number of carbonyl (C=O) groups is 1. The van der Waals surface area contributed by atoms with Crippen LogP contribution in [0.15, 0.2) is 54.6 Å². The molecular formula is C23H30N2O2. The summed E-state index contributed by atoms with van der Waals surface area (Å²) in [6, 6.07) is 19.0. The van der Waals surface area contributed by atoms with Gasteiger partial charge in [0.05, 0.1) is 6.61 Å². The molecule has 4 heteroatoms. The van der Waals surface area contributed by atoms with Crippen LogP contribution in [0.25, 0.3) is 0 Å². The summed E-state index contributed by atoms with van der Waals surface area (Å²) >= 11 is 0. The van der Waals surface area contributed by atoms with Crippen molar-refractivity contribution in [3.8, 4) is 0 Å². The van der Waals surface area contributed by atoms with Gasteiger partial charge >= 0.3 is 0 Å². The standard InChI is InChI=1S/C23H30N2O2/c1-3-22(25-14-13-20-11-7-8-12-21(20)16-25)15-24-23(26)18(2)27-17-19-9-5-4-6-10-19/h4-12,18,22H,3,13-17H2,1-2H3,(H,24,26)/t18-,22-/m1/s1. The molecule has 0 aliphatic carbocycles. The minimum atomic E-state index is -0.454. The first kappa shape index (κ1) is 19.6. The van der Waals surface area contributed by atoms with Crippen molar-refractivity contribution in [3.05, 3.63) is 71.3 Å². The molecule has 1 N–H and O–H groups in total. The van der Waals surface area contributed by atoms with E-state index >= 15 is 0 Å². The Kier molecular flexibility index (Phi) is 7.02. The molecular weight excluding hydrogens is 336 g/mol. The SMILES string of the molecule is CC[C@H](CNC(=O)[C@@H](C)OCc1ccccc1)N1CCc2ccccc2C1. The molecule has 1 heterocycles. The van der Waals surface area contributed by atoms with Crippen molar-refractivity contribution < 1.29 is 9.53 Å². The van der Waals surface area contributed by atoms with Crippen molar-refractivity contribution in [1.82, 2.24) is 10.2 Å². The molecule has 0 unspecified atom stereocenters. The first-order chi connectivity index (χ1) is 13.2. The molecule has 1 aliphatic heterocycles. The lowest BCUT2D eigenvalue weighted by Crippen LogP contribution is -2.47. The maximum absolute atomic E-state index is 12.4. The Bertz CT molecular complexity index is 732. The summed E-state index contributed by atoms with van der Waals surface area (Å²) in [5.74, 6) is -0.0400. The van der Waals surface area contributed by atoms with Crippen molar-refractivity contribution >= 4 is 5.91 Å². The summed E-state index contributed by atoms with van der Waals surface area (Å²) < 4.78 is 5.72. The monoisotopic (exact) mass is 366 g/mol. The van der Waals surface area contributed by atoms with Crippen molar-refractivity contribution in [2.24, 2.45) is 0 Å². The molecule has 0 spiro atoms. The first-order valence-corrected chi connectivity index (χ1v) is 9.91. The molecule has 27 heavy (non-hydrogen) atoms. The minimum absolute atomic E-state index is 0.0400. The van der Waals surface area contributed by atoms with Crippen LogP contribution in [-0.2, 0) is 29.1 Å². The van der Waals surface area contributed by atoms with E-state index in [2.05, 4.69) is 41.4 Å². The Morgan fingerprint density at radius 2 is 1.81 bits per heavy atom. The van der Waals surface area contributed by atoms with Gasteiger partial charge in [-0.2, -0.15) is 0 Å². The summed E-state index contributed by atoms with van der Waals surface area (Å²) in [4.78, 5) is 14.9. The van der Waals surface area contributed by atoms with Crippen LogP contribution in [0.1, 0.15) is 37.0 Å². The molecule has 1 amide bonds. The molecule has 0 saturated carbocycles.